The van der Waals surface area contributed by atoms with Crippen LogP contribution >= 0.6 is 11.6 Å². The lowest BCUT2D eigenvalue weighted by atomic mass is 9.86. The standard InChI is InChI=1S/C23H27ClN2/c1-15(2)26-22-11-16(3)18(12-21(22)17(4)13-23(26,5)6)14-25-20-9-7-19(24)8-10-20/h7-15H,1-6H3. The topological polar surface area (TPSA) is 15.6 Å². The van der Waals surface area contributed by atoms with Gasteiger partial charge in [0.2, 0.25) is 0 Å². The van der Waals surface area contributed by atoms with E-state index in [0.29, 0.717) is 6.04 Å². The lowest BCUT2D eigenvalue weighted by molar-refractivity contribution is 0.507. The van der Waals surface area contributed by atoms with Gasteiger partial charge in [0.15, 0.2) is 0 Å². The first-order valence-electron chi connectivity index (χ1n) is 9.12. The number of benzene rings is 2. The van der Waals surface area contributed by atoms with Crippen LogP contribution in [0, 0.1) is 6.92 Å². The van der Waals surface area contributed by atoms with Crippen LogP contribution < -0.4 is 4.90 Å². The molecule has 0 atom stereocenters. The van der Waals surface area contributed by atoms with E-state index in [1.165, 1.54) is 22.4 Å². The van der Waals surface area contributed by atoms with E-state index >= 15 is 0 Å². The van der Waals surface area contributed by atoms with Gasteiger partial charge >= 0.3 is 0 Å². The van der Waals surface area contributed by atoms with Crippen LogP contribution in [0.25, 0.3) is 5.57 Å². The Hall–Kier alpha value is -2.06. The van der Waals surface area contributed by atoms with Crippen LogP contribution in [0.3, 0.4) is 0 Å². The quantitative estimate of drug-likeness (QED) is 0.545. The molecule has 3 rings (SSSR count). The van der Waals surface area contributed by atoms with Crippen molar-refractivity contribution in [1.29, 1.82) is 0 Å². The summed E-state index contributed by atoms with van der Waals surface area (Å²) in [5.41, 5.74) is 7.22. The summed E-state index contributed by atoms with van der Waals surface area (Å²) in [6.45, 7) is 13.4. The van der Waals surface area contributed by atoms with Gasteiger partial charge in [-0.15, -0.1) is 0 Å². The Bertz CT molecular complexity index is 874. The highest BCUT2D eigenvalue weighted by atomic mass is 35.5. The van der Waals surface area contributed by atoms with E-state index in [4.69, 9.17) is 11.6 Å². The van der Waals surface area contributed by atoms with Gasteiger partial charge in [-0.05, 0) is 94.6 Å². The second-order valence-electron chi connectivity index (χ2n) is 7.91. The molecule has 0 radical (unpaired) electrons. The fourth-order valence-electron chi connectivity index (χ4n) is 3.97. The van der Waals surface area contributed by atoms with Crippen molar-refractivity contribution in [2.45, 2.75) is 53.1 Å². The number of rotatable bonds is 3. The minimum absolute atomic E-state index is 0.0105. The molecular weight excluding hydrogens is 340 g/mol. The number of anilines is 1. The molecule has 3 heteroatoms. The first-order chi connectivity index (χ1) is 12.2. The predicted octanol–water partition coefficient (Wildman–Crippen LogP) is 6.81. The summed E-state index contributed by atoms with van der Waals surface area (Å²) in [5.74, 6) is 0. The third-order valence-corrected chi connectivity index (χ3v) is 5.21. The Morgan fingerprint density at radius 2 is 1.73 bits per heavy atom. The van der Waals surface area contributed by atoms with Crippen molar-refractivity contribution in [3.8, 4) is 0 Å². The summed E-state index contributed by atoms with van der Waals surface area (Å²) in [7, 11) is 0. The van der Waals surface area contributed by atoms with Crippen LogP contribution in [0.4, 0.5) is 11.4 Å². The largest absolute Gasteiger partial charge is 0.360 e. The zero-order valence-corrected chi connectivity index (χ0v) is 17.2. The fourth-order valence-corrected chi connectivity index (χ4v) is 4.09. The number of allylic oxidation sites excluding steroid dienone is 1. The van der Waals surface area contributed by atoms with Gasteiger partial charge in [0.1, 0.15) is 0 Å². The normalized spacial score (nSPS) is 16.2. The van der Waals surface area contributed by atoms with E-state index < -0.39 is 0 Å². The second kappa shape index (κ2) is 6.92. The van der Waals surface area contributed by atoms with Gasteiger partial charge in [0.05, 0.1) is 11.2 Å². The minimum Gasteiger partial charge on any atom is -0.360 e. The Labute approximate surface area is 162 Å². The molecule has 0 amide bonds. The molecule has 0 bridgehead atoms. The van der Waals surface area contributed by atoms with Crippen LogP contribution in [0.1, 0.15) is 51.3 Å². The lowest BCUT2D eigenvalue weighted by Gasteiger charge is -2.46. The molecule has 0 N–H and O–H groups in total. The van der Waals surface area contributed by atoms with Crippen molar-refractivity contribution in [2.24, 2.45) is 4.99 Å². The number of fused-ring (bicyclic) bond motifs is 1. The molecule has 1 heterocycles. The maximum Gasteiger partial charge on any atom is 0.0630 e. The van der Waals surface area contributed by atoms with Crippen LogP contribution in [0.2, 0.25) is 5.02 Å². The maximum absolute atomic E-state index is 5.95. The van der Waals surface area contributed by atoms with E-state index in [2.05, 4.69) is 69.6 Å². The zero-order valence-electron chi connectivity index (χ0n) is 16.5. The highest BCUT2D eigenvalue weighted by Gasteiger charge is 2.33. The van der Waals surface area contributed by atoms with Gasteiger partial charge < -0.3 is 4.90 Å². The molecule has 0 saturated carbocycles. The molecule has 1 aliphatic rings. The molecular formula is C23H27ClN2. The van der Waals surface area contributed by atoms with Gasteiger partial charge in [-0.2, -0.15) is 0 Å². The van der Waals surface area contributed by atoms with Crippen LogP contribution in [-0.2, 0) is 0 Å². The van der Waals surface area contributed by atoms with Crippen molar-refractivity contribution in [3.63, 3.8) is 0 Å². The van der Waals surface area contributed by atoms with Crippen molar-refractivity contribution in [3.05, 3.63) is 64.2 Å². The van der Waals surface area contributed by atoms with E-state index in [-0.39, 0.29) is 5.54 Å². The Kier molecular flexibility index (Phi) is 4.98. The summed E-state index contributed by atoms with van der Waals surface area (Å²) in [4.78, 5) is 7.12. The number of hydrogen-bond donors (Lipinski definition) is 0. The summed E-state index contributed by atoms with van der Waals surface area (Å²) in [6, 6.07) is 12.6. The van der Waals surface area contributed by atoms with E-state index in [1.54, 1.807) is 0 Å². The molecule has 2 aromatic rings. The Balaban J connectivity index is 2.04. The van der Waals surface area contributed by atoms with E-state index in [0.717, 1.165) is 16.3 Å². The van der Waals surface area contributed by atoms with Gasteiger partial charge in [-0.25, -0.2) is 0 Å². The number of hydrogen-bond acceptors (Lipinski definition) is 2. The molecule has 136 valence electrons. The average molecular weight is 367 g/mol. The summed E-state index contributed by atoms with van der Waals surface area (Å²) >= 11 is 5.95. The molecule has 0 unspecified atom stereocenters. The lowest BCUT2D eigenvalue weighted by Crippen LogP contribution is -2.49. The summed E-state index contributed by atoms with van der Waals surface area (Å²) in [6.07, 6.45) is 4.32. The maximum atomic E-state index is 5.95. The Morgan fingerprint density at radius 3 is 2.35 bits per heavy atom. The smallest absolute Gasteiger partial charge is 0.0630 e. The predicted molar refractivity (Wildman–Crippen MR) is 115 cm³/mol. The molecule has 0 spiro atoms. The molecule has 0 fully saturated rings. The highest BCUT2D eigenvalue weighted by molar-refractivity contribution is 6.30. The van der Waals surface area contributed by atoms with Crippen LogP contribution in [0.15, 0.2) is 47.5 Å². The molecule has 0 aromatic heterocycles. The molecule has 0 aliphatic carbocycles. The third-order valence-electron chi connectivity index (χ3n) is 4.96. The van der Waals surface area contributed by atoms with E-state index in [1.807, 2.05) is 30.5 Å². The molecule has 2 nitrogen and oxygen atoms in total. The first kappa shape index (κ1) is 18.7. The van der Waals surface area contributed by atoms with Crippen LogP contribution in [0.5, 0.6) is 0 Å². The second-order valence-corrected chi connectivity index (χ2v) is 8.34. The summed E-state index contributed by atoms with van der Waals surface area (Å²) < 4.78 is 0. The van der Waals surface area contributed by atoms with Crippen LogP contribution in [-0.4, -0.2) is 17.8 Å². The van der Waals surface area contributed by atoms with Crippen molar-refractivity contribution in [1.82, 2.24) is 0 Å². The third kappa shape index (κ3) is 3.57. The number of halogens is 1. The Morgan fingerprint density at radius 1 is 1.08 bits per heavy atom. The fraction of sp³-hybridized carbons (Fsp3) is 0.348. The number of aliphatic imine (C=N–C) groups is 1. The van der Waals surface area contributed by atoms with Gasteiger partial charge in [0.25, 0.3) is 0 Å². The molecule has 0 saturated heterocycles. The van der Waals surface area contributed by atoms with Crippen molar-refractivity contribution >= 4 is 34.8 Å². The van der Waals surface area contributed by atoms with Crippen molar-refractivity contribution < 1.29 is 0 Å². The van der Waals surface area contributed by atoms with Gasteiger partial charge in [0, 0.05) is 28.5 Å². The zero-order chi connectivity index (χ0) is 19.1. The number of nitrogens with zero attached hydrogens (tertiary/aromatic N) is 2. The summed E-state index contributed by atoms with van der Waals surface area (Å²) in [5, 5.41) is 0.728. The van der Waals surface area contributed by atoms with E-state index in [9.17, 15) is 0 Å². The molecule has 1 aliphatic heterocycles. The molecule has 26 heavy (non-hydrogen) atoms. The van der Waals surface area contributed by atoms with Gasteiger partial charge in [-0.3, -0.25) is 4.99 Å². The first-order valence-corrected chi connectivity index (χ1v) is 9.50. The SMILES string of the molecule is CC1=CC(C)(C)N(C(C)C)c2cc(C)c(C=Nc3ccc(Cl)cc3)cc21. The monoisotopic (exact) mass is 366 g/mol. The molecule has 2 aromatic carbocycles. The average Bonchev–Trinajstić information content (AvgIpc) is 2.53. The highest BCUT2D eigenvalue weighted by Crippen LogP contribution is 2.41. The number of aryl methyl sites for hydroxylation is 1. The minimum atomic E-state index is 0.0105. The van der Waals surface area contributed by atoms with Gasteiger partial charge in [-0.1, -0.05) is 17.7 Å². The van der Waals surface area contributed by atoms with Crippen molar-refractivity contribution in [2.75, 3.05) is 4.90 Å².